The van der Waals surface area contributed by atoms with E-state index in [-0.39, 0.29) is 19.4 Å². The number of rotatable bonds is 13. The Kier molecular flexibility index (Phi) is 9.78. The lowest BCUT2D eigenvalue weighted by atomic mass is 9.87. The number of aliphatic carboxylic acids is 2. The molecule has 2 amide bonds. The van der Waals surface area contributed by atoms with Crippen LogP contribution in [0.3, 0.4) is 0 Å². The van der Waals surface area contributed by atoms with Crippen molar-refractivity contribution in [3.8, 4) is 0 Å². The van der Waals surface area contributed by atoms with Crippen molar-refractivity contribution in [1.29, 1.82) is 0 Å². The van der Waals surface area contributed by atoms with E-state index in [2.05, 4.69) is 10.6 Å². The number of hydrogen-bond acceptors (Lipinski definition) is 9. The van der Waals surface area contributed by atoms with Crippen LogP contribution in [0.4, 0.5) is 0 Å². The van der Waals surface area contributed by atoms with Crippen LogP contribution >= 0.6 is 0 Å². The monoisotopic (exact) mass is 595 g/mol. The van der Waals surface area contributed by atoms with E-state index >= 15 is 0 Å². The zero-order valence-electron chi connectivity index (χ0n) is 23.7. The molecule has 2 aromatic rings. The number of fused-ring (bicyclic) bond motifs is 3. The van der Waals surface area contributed by atoms with E-state index in [1.807, 2.05) is 0 Å². The zero-order chi connectivity index (χ0) is 31.3. The molecule has 0 saturated heterocycles. The Morgan fingerprint density at radius 2 is 1.65 bits per heavy atom. The second-order valence-electron chi connectivity index (χ2n) is 10.9. The van der Waals surface area contributed by atoms with E-state index in [1.54, 1.807) is 36.4 Å². The summed E-state index contributed by atoms with van der Waals surface area (Å²) in [5, 5.41) is 27.4. The normalized spacial score (nSPS) is 18.8. The summed E-state index contributed by atoms with van der Waals surface area (Å²) in [5.74, 6) is -4.83. The lowest BCUT2D eigenvalue weighted by molar-refractivity contribution is -0.307. The summed E-state index contributed by atoms with van der Waals surface area (Å²) in [6, 6.07) is 4.63. The molecule has 0 radical (unpaired) electrons. The number of carboxylic acid groups (broad SMARTS) is 2. The summed E-state index contributed by atoms with van der Waals surface area (Å²) in [6.07, 6.45) is 2.90. The van der Waals surface area contributed by atoms with Gasteiger partial charge in [0, 0.05) is 24.4 Å². The number of nitrogens with zero attached hydrogens (tertiary/aromatic N) is 3. The Labute approximate surface area is 246 Å². The molecule has 230 valence electrons. The number of benzene rings is 1. The molecule has 0 bridgehead atoms. The first-order chi connectivity index (χ1) is 20.5. The molecule has 2 N–H and O–H groups in total. The molecule has 0 spiro atoms. The average Bonchev–Trinajstić information content (AvgIpc) is 3.20. The number of carboxylic acids is 2. The highest BCUT2D eigenvalue weighted by atomic mass is 16.4. The van der Waals surface area contributed by atoms with Crippen molar-refractivity contribution < 1.29 is 34.2 Å². The van der Waals surface area contributed by atoms with Gasteiger partial charge in [0.25, 0.3) is 0 Å². The summed E-state index contributed by atoms with van der Waals surface area (Å²) < 4.78 is 3.04. The van der Waals surface area contributed by atoms with Gasteiger partial charge in [0.05, 0.1) is 25.0 Å². The van der Waals surface area contributed by atoms with Gasteiger partial charge in [-0.05, 0) is 56.2 Å². The lowest BCUT2D eigenvalue weighted by Gasteiger charge is -2.34. The van der Waals surface area contributed by atoms with E-state index in [9.17, 15) is 43.8 Å². The number of amides is 2. The fourth-order valence-electron chi connectivity index (χ4n) is 5.66. The molecule has 1 aliphatic carbocycles. The third-order valence-corrected chi connectivity index (χ3v) is 7.76. The molecular weight excluding hydrogens is 562 g/mol. The first-order valence-corrected chi connectivity index (χ1v) is 14.1. The van der Waals surface area contributed by atoms with E-state index in [0.29, 0.717) is 18.4 Å². The highest BCUT2D eigenvalue weighted by Crippen LogP contribution is 2.37. The van der Waals surface area contributed by atoms with Crippen molar-refractivity contribution in [2.24, 2.45) is 0 Å². The lowest BCUT2D eigenvalue weighted by Crippen LogP contribution is -2.49. The van der Waals surface area contributed by atoms with Crippen LogP contribution in [-0.4, -0.2) is 55.6 Å². The van der Waals surface area contributed by atoms with Crippen molar-refractivity contribution in [2.45, 2.75) is 89.0 Å². The van der Waals surface area contributed by atoms with Gasteiger partial charge in [-0.1, -0.05) is 36.8 Å². The SMILES string of the molecule is CC(=O)[C@H](CC(=O)[O-])NC(=O)[C@@H]1C=C2CCCC[C@@H]2n2c(=O)n(C[C@H](CCC(=O)[O-])NC(=O)Cc3ccccc3)c(=O)n21. The molecule has 1 saturated carbocycles. The van der Waals surface area contributed by atoms with Crippen LogP contribution in [0.2, 0.25) is 0 Å². The maximum absolute atomic E-state index is 13.8. The van der Waals surface area contributed by atoms with E-state index in [1.165, 1.54) is 4.68 Å². The number of ketones is 1. The topological polar surface area (TPSA) is 204 Å². The third-order valence-electron chi connectivity index (χ3n) is 7.76. The Morgan fingerprint density at radius 1 is 0.953 bits per heavy atom. The second-order valence-corrected chi connectivity index (χ2v) is 10.9. The molecule has 14 heteroatoms. The van der Waals surface area contributed by atoms with Gasteiger partial charge in [0.15, 0.2) is 11.8 Å². The molecule has 14 nitrogen and oxygen atoms in total. The van der Waals surface area contributed by atoms with Crippen LogP contribution in [0.5, 0.6) is 0 Å². The van der Waals surface area contributed by atoms with Crippen molar-refractivity contribution >= 4 is 29.5 Å². The molecule has 1 aromatic carbocycles. The summed E-state index contributed by atoms with van der Waals surface area (Å²) in [7, 11) is 0. The van der Waals surface area contributed by atoms with Gasteiger partial charge in [-0.3, -0.25) is 14.4 Å². The smallest absolute Gasteiger partial charge is 0.348 e. The van der Waals surface area contributed by atoms with Gasteiger partial charge >= 0.3 is 11.4 Å². The van der Waals surface area contributed by atoms with Crippen molar-refractivity contribution in [3.05, 3.63) is 68.5 Å². The predicted octanol–water partition coefficient (Wildman–Crippen LogP) is -2.12. The number of Topliss-reactive ketones (excluding diaryl/α,β-unsaturated/α-hetero) is 1. The number of allylic oxidation sites excluding steroid dienone is 1. The molecule has 0 unspecified atom stereocenters. The molecule has 4 atom stereocenters. The molecule has 1 fully saturated rings. The van der Waals surface area contributed by atoms with Crippen LogP contribution < -0.4 is 32.2 Å². The molecular formula is C29H33N5O9-2. The highest BCUT2D eigenvalue weighted by Gasteiger charge is 2.38. The maximum Gasteiger partial charge on any atom is 0.348 e. The van der Waals surface area contributed by atoms with Crippen LogP contribution in [0.1, 0.15) is 69.5 Å². The summed E-state index contributed by atoms with van der Waals surface area (Å²) in [4.78, 5) is 88.1. The van der Waals surface area contributed by atoms with Crippen LogP contribution in [0, 0.1) is 0 Å². The average molecular weight is 596 g/mol. The molecule has 2 heterocycles. The summed E-state index contributed by atoms with van der Waals surface area (Å²) >= 11 is 0. The Balaban J connectivity index is 1.67. The minimum Gasteiger partial charge on any atom is -0.550 e. The minimum atomic E-state index is -1.55. The Hall–Kier alpha value is -4.75. The standard InChI is InChI=1S/C29H35N5O9/c1-17(35)21(15-26(39)40)31-27(41)23-14-19-9-5-6-10-22(19)33-28(42)32(29(43)34(23)33)16-20(11-12-25(37)38)30-24(36)13-18-7-3-2-4-8-18/h2-4,7-8,14,20-23H,5-6,9-13,15-16H2,1H3,(H,30,36)(H,31,41)(H,37,38)(H,39,40)/p-2/t20-,21-,22-,23-/m0/s1. The predicted molar refractivity (Wildman–Crippen MR) is 146 cm³/mol. The Morgan fingerprint density at radius 3 is 2.30 bits per heavy atom. The summed E-state index contributed by atoms with van der Waals surface area (Å²) in [5.41, 5.74) is -0.146. The van der Waals surface area contributed by atoms with Gasteiger partial charge in [0.1, 0.15) is 0 Å². The van der Waals surface area contributed by atoms with E-state index in [0.717, 1.165) is 34.6 Å². The van der Waals surface area contributed by atoms with Gasteiger partial charge in [-0.15, -0.1) is 0 Å². The molecule has 43 heavy (non-hydrogen) atoms. The Bertz CT molecular complexity index is 1550. The molecule has 2 aliphatic rings. The number of carbonyl (C=O) groups excluding carboxylic acids is 5. The number of nitrogens with one attached hydrogen (secondary N) is 2. The molecule has 1 aromatic heterocycles. The molecule has 4 rings (SSSR count). The van der Waals surface area contributed by atoms with Gasteiger partial charge in [-0.2, -0.15) is 0 Å². The van der Waals surface area contributed by atoms with E-state index in [4.69, 9.17) is 0 Å². The van der Waals surface area contributed by atoms with Crippen molar-refractivity contribution in [1.82, 2.24) is 24.6 Å². The first kappa shape index (κ1) is 31.2. The fourth-order valence-corrected chi connectivity index (χ4v) is 5.66. The highest BCUT2D eigenvalue weighted by molar-refractivity contribution is 5.92. The maximum atomic E-state index is 13.8. The second kappa shape index (κ2) is 13.5. The van der Waals surface area contributed by atoms with Gasteiger partial charge < -0.3 is 30.4 Å². The van der Waals surface area contributed by atoms with Gasteiger partial charge in [0.2, 0.25) is 11.8 Å². The van der Waals surface area contributed by atoms with Gasteiger partial charge in [-0.25, -0.2) is 23.5 Å². The minimum absolute atomic E-state index is 0.0103. The van der Waals surface area contributed by atoms with Crippen LogP contribution in [0.15, 0.2) is 51.6 Å². The quantitative estimate of drug-likeness (QED) is 0.243. The largest absolute Gasteiger partial charge is 0.550 e. The van der Waals surface area contributed by atoms with E-state index < -0.39 is 77.9 Å². The first-order valence-electron chi connectivity index (χ1n) is 14.1. The number of aromatic nitrogens is 3. The third kappa shape index (κ3) is 7.37. The fraction of sp³-hybridized carbons (Fsp3) is 0.483. The summed E-state index contributed by atoms with van der Waals surface area (Å²) in [6.45, 7) is 0.747. The number of carbonyl (C=O) groups is 5. The van der Waals surface area contributed by atoms with Crippen molar-refractivity contribution in [3.63, 3.8) is 0 Å². The van der Waals surface area contributed by atoms with Crippen molar-refractivity contribution in [2.75, 3.05) is 0 Å². The zero-order valence-corrected chi connectivity index (χ0v) is 23.7. The number of hydrogen-bond donors (Lipinski definition) is 2. The van der Waals surface area contributed by atoms with Crippen LogP contribution in [-0.2, 0) is 36.9 Å². The molecule has 1 aliphatic heterocycles. The van der Waals surface area contributed by atoms with Crippen LogP contribution in [0.25, 0.3) is 0 Å².